The monoisotopic (exact) mass is 374 g/mol. The summed E-state index contributed by atoms with van der Waals surface area (Å²) in [5, 5.41) is 10.5. The van der Waals surface area contributed by atoms with Gasteiger partial charge in [0, 0.05) is 17.7 Å². The highest BCUT2D eigenvalue weighted by molar-refractivity contribution is 7.99. The molecule has 128 valence electrons. The third-order valence-electron chi connectivity index (χ3n) is 3.60. The number of carbonyl (C=O) groups is 1. The van der Waals surface area contributed by atoms with E-state index in [9.17, 15) is 4.79 Å². The standard InChI is InChI=1S/C17H14N2O4S2/c20-12(15-4-2-7-24-15)3-1-8-25-17-19-18-16(23-17)11-5-6-13-14(9-11)22-10-21-13/h2,4-7,9H,1,3,8,10H2. The lowest BCUT2D eigenvalue weighted by Crippen LogP contribution is -1.96. The number of ether oxygens (including phenoxy) is 2. The van der Waals surface area contributed by atoms with Crippen LogP contribution in [0.2, 0.25) is 0 Å². The molecule has 4 rings (SSSR count). The van der Waals surface area contributed by atoms with Crippen molar-refractivity contribution in [3.63, 3.8) is 0 Å². The van der Waals surface area contributed by atoms with Crippen LogP contribution in [0.3, 0.4) is 0 Å². The Morgan fingerprint density at radius 2 is 2.12 bits per heavy atom. The maximum absolute atomic E-state index is 11.9. The van der Waals surface area contributed by atoms with E-state index >= 15 is 0 Å². The topological polar surface area (TPSA) is 74.5 Å². The number of hydrogen-bond acceptors (Lipinski definition) is 8. The van der Waals surface area contributed by atoms with Crippen molar-refractivity contribution in [2.24, 2.45) is 0 Å². The van der Waals surface area contributed by atoms with Crippen LogP contribution < -0.4 is 9.47 Å². The molecule has 25 heavy (non-hydrogen) atoms. The molecule has 3 heterocycles. The number of thiophene rings is 1. The van der Waals surface area contributed by atoms with Crippen LogP contribution in [-0.4, -0.2) is 28.5 Å². The highest BCUT2D eigenvalue weighted by atomic mass is 32.2. The van der Waals surface area contributed by atoms with E-state index in [-0.39, 0.29) is 12.6 Å². The zero-order valence-electron chi connectivity index (χ0n) is 13.1. The van der Waals surface area contributed by atoms with Gasteiger partial charge < -0.3 is 13.9 Å². The Balaban J connectivity index is 1.30. The Labute approximate surface area is 152 Å². The number of fused-ring (bicyclic) bond motifs is 1. The number of aromatic nitrogens is 2. The molecule has 0 saturated carbocycles. The second kappa shape index (κ2) is 7.28. The van der Waals surface area contributed by atoms with Crippen molar-refractivity contribution in [3.05, 3.63) is 40.6 Å². The smallest absolute Gasteiger partial charge is 0.276 e. The minimum atomic E-state index is 0.183. The summed E-state index contributed by atoms with van der Waals surface area (Å²) in [5.41, 5.74) is 0.788. The van der Waals surface area contributed by atoms with E-state index in [1.54, 1.807) is 0 Å². The predicted octanol–water partition coefficient (Wildman–Crippen LogP) is 4.28. The van der Waals surface area contributed by atoms with Crippen LogP contribution in [0.25, 0.3) is 11.5 Å². The molecule has 1 aliphatic rings. The second-order valence-electron chi connectivity index (χ2n) is 5.29. The summed E-state index contributed by atoms with van der Waals surface area (Å²) in [6.07, 6.45) is 1.29. The summed E-state index contributed by atoms with van der Waals surface area (Å²) in [7, 11) is 0. The highest BCUT2D eigenvalue weighted by Crippen LogP contribution is 2.36. The van der Waals surface area contributed by atoms with Gasteiger partial charge in [0.05, 0.1) is 4.88 Å². The van der Waals surface area contributed by atoms with Crippen LogP contribution in [0.5, 0.6) is 11.5 Å². The molecule has 8 heteroatoms. The van der Waals surface area contributed by atoms with Crippen LogP contribution in [0.4, 0.5) is 0 Å². The molecule has 1 aliphatic heterocycles. The number of hydrogen-bond donors (Lipinski definition) is 0. The van der Waals surface area contributed by atoms with Crippen LogP contribution in [-0.2, 0) is 0 Å². The minimum Gasteiger partial charge on any atom is -0.454 e. The number of thioether (sulfide) groups is 1. The fourth-order valence-corrected chi connectivity index (χ4v) is 3.76. The van der Waals surface area contributed by atoms with Crippen molar-refractivity contribution in [2.45, 2.75) is 18.1 Å². The third kappa shape index (κ3) is 3.69. The van der Waals surface area contributed by atoms with E-state index in [2.05, 4.69) is 10.2 Å². The number of carbonyl (C=O) groups excluding carboxylic acids is 1. The quantitative estimate of drug-likeness (QED) is 0.347. The lowest BCUT2D eigenvalue weighted by molar-refractivity contribution is 0.0986. The lowest BCUT2D eigenvalue weighted by Gasteiger charge is -1.98. The first kappa shape index (κ1) is 16.2. The summed E-state index contributed by atoms with van der Waals surface area (Å²) in [6, 6.07) is 9.25. The first-order valence-corrected chi connectivity index (χ1v) is 9.59. The molecule has 2 aromatic heterocycles. The zero-order valence-corrected chi connectivity index (χ0v) is 14.8. The van der Waals surface area contributed by atoms with Gasteiger partial charge in [-0.15, -0.1) is 21.5 Å². The first-order valence-electron chi connectivity index (χ1n) is 7.72. The van der Waals surface area contributed by atoms with Crippen molar-refractivity contribution in [1.29, 1.82) is 0 Å². The van der Waals surface area contributed by atoms with Crippen molar-refractivity contribution in [3.8, 4) is 23.0 Å². The summed E-state index contributed by atoms with van der Waals surface area (Å²) in [6.45, 7) is 0.230. The largest absolute Gasteiger partial charge is 0.454 e. The van der Waals surface area contributed by atoms with Gasteiger partial charge in [-0.05, 0) is 36.1 Å². The fourth-order valence-electron chi connectivity index (χ4n) is 2.37. The molecule has 0 fully saturated rings. The normalized spacial score (nSPS) is 12.5. The number of Topliss-reactive ketones (excluding diaryl/α,β-unsaturated/α-hetero) is 1. The van der Waals surface area contributed by atoms with Crippen molar-refractivity contribution in [1.82, 2.24) is 10.2 Å². The summed E-state index contributed by atoms with van der Waals surface area (Å²) in [4.78, 5) is 12.7. The van der Waals surface area contributed by atoms with E-state index in [1.165, 1.54) is 23.1 Å². The molecule has 6 nitrogen and oxygen atoms in total. The van der Waals surface area contributed by atoms with Gasteiger partial charge in [0.15, 0.2) is 17.3 Å². The molecule has 0 aliphatic carbocycles. The number of benzene rings is 1. The Hall–Kier alpha value is -2.32. The fraction of sp³-hybridized carbons (Fsp3) is 0.235. The van der Waals surface area contributed by atoms with Crippen LogP contribution in [0.1, 0.15) is 22.5 Å². The Morgan fingerprint density at radius 3 is 3.00 bits per heavy atom. The van der Waals surface area contributed by atoms with E-state index in [4.69, 9.17) is 13.9 Å². The third-order valence-corrected chi connectivity index (χ3v) is 5.41. The SMILES string of the molecule is O=C(CCCSc1nnc(-c2ccc3c(c2)OCO3)o1)c1cccs1. The maximum atomic E-state index is 11.9. The number of rotatable bonds is 7. The van der Waals surface area contributed by atoms with Crippen molar-refractivity contribution >= 4 is 28.9 Å². The summed E-state index contributed by atoms with van der Waals surface area (Å²) >= 11 is 2.93. The van der Waals surface area contributed by atoms with Crippen LogP contribution in [0, 0.1) is 0 Å². The van der Waals surface area contributed by atoms with Crippen LogP contribution in [0.15, 0.2) is 45.4 Å². The molecular weight excluding hydrogens is 360 g/mol. The molecule has 0 radical (unpaired) electrons. The van der Waals surface area contributed by atoms with Gasteiger partial charge in [-0.1, -0.05) is 17.8 Å². The second-order valence-corrected chi connectivity index (χ2v) is 7.29. The summed E-state index contributed by atoms with van der Waals surface area (Å²) in [5.74, 6) is 2.77. The summed E-state index contributed by atoms with van der Waals surface area (Å²) < 4.78 is 16.3. The Morgan fingerprint density at radius 1 is 1.20 bits per heavy atom. The highest BCUT2D eigenvalue weighted by Gasteiger charge is 2.17. The molecule has 0 N–H and O–H groups in total. The molecule has 0 bridgehead atoms. The molecule has 3 aromatic rings. The van der Waals surface area contributed by atoms with Crippen molar-refractivity contribution in [2.75, 3.05) is 12.5 Å². The Kier molecular flexibility index (Phi) is 4.71. The molecule has 0 saturated heterocycles. The average Bonchev–Trinajstić information content (AvgIpc) is 3.39. The molecule has 1 aromatic carbocycles. The van der Waals surface area contributed by atoms with E-state index in [1.807, 2.05) is 35.7 Å². The van der Waals surface area contributed by atoms with Gasteiger partial charge in [0.1, 0.15) is 0 Å². The van der Waals surface area contributed by atoms with Gasteiger partial charge >= 0.3 is 0 Å². The minimum absolute atomic E-state index is 0.183. The molecular formula is C17H14N2O4S2. The van der Waals surface area contributed by atoms with E-state index in [0.717, 1.165) is 22.6 Å². The van der Waals surface area contributed by atoms with E-state index in [0.29, 0.717) is 29.0 Å². The van der Waals surface area contributed by atoms with E-state index < -0.39 is 0 Å². The molecule has 0 unspecified atom stereocenters. The van der Waals surface area contributed by atoms with Crippen molar-refractivity contribution < 1.29 is 18.7 Å². The lowest BCUT2D eigenvalue weighted by atomic mass is 10.2. The average molecular weight is 374 g/mol. The van der Waals surface area contributed by atoms with Gasteiger partial charge in [0.25, 0.3) is 5.22 Å². The molecule has 0 spiro atoms. The van der Waals surface area contributed by atoms with Gasteiger partial charge in [-0.3, -0.25) is 4.79 Å². The Bertz CT molecular complexity index is 877. The zero-order chi connectivity index (χ0) is 17.1. The molecule has 0 atom stereocenters. The first-order chi connectivity index (χ1) is 12.3. The number of nitrogens with zero attached hydrogens (tertiary/aromatic N) is 2. The molecule has 0 amide bonds. The maximum Gasteiger partial charge on any atom is 0.276 e. The number of ketones is 1. The van der Waals surface area contributed by atoms with Gasteiger partial charge in [-0.2, -0.15) is 0 Å². The predicted molar refractivity (Wildman–Crippen MR) is 94.5 cm³/mol. The van der Waals surface area contributed by atoms with Gasteiger partial charge in [0.2, 0.25) is 12.7 Å². The van der Waals surface area contributed by atoms with Gasteiger partial charge in [-0.25, -0.2) is 0 Å². The van der Waals surface area contributed by atoms with Crippen LogP contribution >= 0.6 is 23.1 Å².